The Labute approximate surface area is 177 Å². The maximum Gasteiger partial charge on any atom is 0.416 e. The summed E-state index contributed by atoms with van der Waals surface area (Å²) in [6.07, 6.45) is -5.83. The van der Waals surface area contributed by atoms with Gasteiger partial charge in [0.1, 0.15) is 0 Å². The van der Waals surface area contributed by atoms with E-state index in [2.05, 4.69) is 10.3 Å². The molecule has 2 N–H and O–H groups in total. The number of aromatic nitrogens is 2. The second kappa shape index (κ2) is 8.81. The van der Waals surface area contributed by atoms with Crippen LogP contribution < -0.4 is 15.9 Å². The molecule has 0 saturated carbocycles. The lowest BCUT2D eigenvalue weighted by atomic mass is 10.2. The summed E-state index contributed by atoms with van der Waals surface area (Å²) >= 11 is 0. The molecule has 0 bridgehead atoms. The van der Waals surface area contributed by atoms with Gasteiger partial charge in [0.25, 0.3) is 0 Å². The predicted octanol–water partition coefficient (Wildman–Crippen LogP) is 4.42. The smallest absolute Gasteiger partial charge is 0.336 e. The van der Waals surface area contributed by atoms with Gasteiger partial charge >= 0.3 is 24.1 Å². The number of rotatable bonds is 2. The van der Waals surface area contributed by atoms with Crippen LogP contribution in [-0.4, -0.2) is 28.7 Å². The van der Waals surface area contributed by atoms with E-state index in [1.54, 1.807) is 0 Å². The van der Waals surface area contributed by atoms with E-state index in [1.807, 2.05) is 0 Å². The zero-order valence-electron chi connectivity index (χ0n) is 16.2. The third-order valence-electron chi connectivity index (χ3n) is 4.49. The van der Waals surface area contributed by atoms with Crippen molar-refractivity contribution in [2.75, 3.05) is 18.0 Å². The highest BCUT2D eigenvalue weighted by atomic mass is 19.4. The van der Waals surface area contributed by atoms with E-state index in [1.165, 1.54) is 46.1 Å². The maximum absolute atomic E-state index is 12.3. The van der Waals surface area contributed by atoms with Crippen LogP contribution in [0.2, 0.25) is 0 Å². The lowest BCUT2D eigenvalue weighted by Gasteiger charge is -2.15. The zero-order chi connectivity index (χ0) is 23.5. The Bertz CT molecular complexity index is 1110. The minimum atomic E-state index is -4.36. The SMILES string of the molecule is O=C1NCCN1c1ccc(C(F)(F)F)cc1.O=c1[nH]ccn1-c1ccc(C(F)(F)F)cc1. The molecule has 12 heteroatoms. The fourth-order valence-corrected chi connectivity index (χ4v) is 2.88. The molecule has 32 heavy (non-hydrogen) atoms. The molecule has 6 nitrogen and oxygen atoms in total. The number of imidazole rings is 1. The molecule has 1 saturated heterocycles. The second-order valence-electron chi connectivity index (χ2n) is 6.61. The molecule has 4 rings (SSSR count). The fourth-order valence-electron chi connectivity index (χ4n) is 2.88. The molecule has 1 aliphatic heterocycles. The van der Waals surface area contributed by atoms with E-state index in [-0.39, 0.29) is 11.7 Å². The minimum absolute atomic E-state index is 0.278. The number of amides is 2. The van der Waals surface area contributed by atoms with Crippen LogP contribution in [0.4, 0.5) is 36.8 Å². The normalized spacial score (nSPS) is 14.1. The van der Waals surface area contributed by atoms with E-state index in [0.717, 1.165) is 24.3 Å². The number of nitrogens with zero attached hydrogens (tertiary/aromatic N) is 2. The van der Waals surface area contributed by atoms with Crippen molar-refractivity contribution in [3.63, 3.8) is 0 Å². The van der Waals surface area contributed by atoms with Crippen LogP contribution in [0, 0.1) is 0 Å². The summed E-state index contributed by atoms with van der Waals surface area (Å²) in [6.45, 7) is 0.990. The summed E-state index contributed by atoms with van der Waals surface area (Å²) in [5, 5.41) is 2.58. The first-order chi connectivity index (χ1) is 15.0. The van der Waals surface area contributed by atoms with E-state index in [0.29, 0.717) is 24.5 Å². The van der Waals surface area contributed by atoms with Gasteiger partial charge in [0.2, 0.25) is 0 Å². The molecule has 0 radical (unpaired) electrons. The predicted molar refractivity (Wildman–Crippen MR) is 104 cm³/mol. The number of alkyl halides is 6. The quantitative estimate of drug-likeness (QED) is 0.559. The topological polar surface area (TPSA) is 70.1 Å². The van der Waals surface area contributed by atoms with E-state index in [4.69, 9.17) is 0 Å². The molecule has 0 spiro atoms. The van der Waals surface area contributed by atoms with Gasteiger partial charge in [-0.15, -0.1) is 0 Å². The summed E-state index contributed by atoms with van der Waals surface area (Å²) in [4.78, 5) is 26.2. The lowest BCUT2D eigenvalue weighted by molar-refractivity contribution is -0.138. The Morgan fingerprint density at radius 1 is 0.750 bits per heavy atom. The Hall–Kier alpha value is -3.70. The number of aromatic amines is 1. The number of benzene rings is 2. The first kappa shape index (κ1) is 23.0. The van der Waals surface area contributed by atoms with Crippen molar-refractivity contribution in [1.29, 1.82) is 0 Å². The molecular weight excluding hydrogens is 442 g/mol. The van der Waals surface area contributed by atoms with Crippen LogP contribution in [0.3, 0.4) is 0 Å². The van der Waals surface area contributed by atoms with Gasteiger partial charge in [0.05, 0.1) is 16.8 Å². The van der Waals surface area contributed by atoms with Crippen LogP contribution >= 0.6 is 0 Å². The van der Waals surface area contributed by atoms with E-state index < -0.39 is 23.5 Å². The van der Waals surface area contributed by atoms with Crippen LogP contribution in [0.1, 0.15) is 11.1 Å². The Balaban J connectivity index is 0.000000181. The molecule has 2 aromatic carbocycles. The largest absolute Gasteiger partial charge is 0.416 e. The van der Waals surface area contributed by atoms with E-state index >= 15 is 0 Å². The van der Waals surface area contributed by atoms with Crippen LogP contribution in [0.25, 0.3) is 5.69 Å². The van der Waals surface area contributed by atoms with Gasteiger partial charge in [0.15, 0.2) is 0 Å². The first-order valence-corrected chi connectivity index (χ1v) is 9.13. The Morgan fingerprint density at radius 3 is 1.62 bits per heavy atom. The van der Waals surface area contributed by atoms with Gasteiger partial charge in [-0.1, -0.05) is 0 Å². The highest BCUT2D eigenvalue weighted by Crippen LogP contribution is 2.31. The number of hydrogen-bond donors (Lipinski definition) is 2. The fraction of sp³-hybridized carbons (Fsp3) is 0.200. The number of nitrogens with one attached hydrogen (secondary N) is 2. The van der Waals surface area contributed by atoms with Crippen molar-refractivity contribution in [3.05, 3.63) is 82.5 Å². The van der Waals surface area contributed by atoms with Crippen LogP contribution in [0.5, 0.6) is 0 Å². The van der Waals surface area contributed by atoms with E-state index in [9.17, 15) is 35.9 Å². The average molecular weight is 458 g/mol. The first-order valence-electron chi connectivity index (χ1n) is 9.13. The molecule has 0 unspecified atom stereocenters. The van der Waals surface area contributed by atoms with Crippen LogP contribution in [0.15, 0.2) is 65.7 Å². The molecule has 1 fully saturated rings. The number of carbonyl (C=O) groups is 1. The number of halogens is 6. The van der Waals surface area contributed by atoms with Crippen molar-refractivity contribution in [2.24, 2.45) is 0 Å². The molecule has 170 valence electrons. The van der Waals surface area contributed by atoms with Crippen molar-refractivity contribution < 1.29 is 31.1 Å². The summed E-state index contributed by atoms with van der Waals surface area (Å²) < 4.78 is 74.9. The van der Waals surface area contributed by atoms with Crippen molar-refractivity contribution in [2.45, 2.75) is 12.4 Å². The van der Waals surface area contributed by atoms with Crippen molar-refractivity contribution in [1.82, 2.24) is 14.9 Å². The Morgan fingerprint density at radius 2 is 1.25 bits per heavy atom. The Kier molecular flexibility index (Phi) is 6.32. The summed E-state index contributed by atoms with van der Waals surface area (Å²) in [5.41, 5.74) is -0.974. The maximum atomic E-state index is 12.3. The van der Waals surface area contributed by atoms with Gasteiger partial charge in [0, 0.05) is 31.2 Å². The molecule has 2 heterocycles. The molecular formula is C20H16F6N4O2. The lowest BCUT2D eigenvalue weighted by Crippen LogP contribution is -2.27. The monoisotopic (exact) mass is 458 g/mol. The van der Waals surface area contributed by atoms with Gasteiger partial charge in [-0.2, -0.15) is 26.3 Å². The average Bonchev–Trinajstić information content (AvgIpc) is 3.35. The standard InChI is InChI=1S/C10H9F3N2O.C10H7F3N2O/c2*11-10(12,13)7-1-3-8(4-2-7)15-6-5-14-9(15)16/h1-4H,5-6H2,(H,14,16);1-6H,(H,14,16). The van der Waals surface area contributed by atoms with Crippen LogP contribution in [-0.2, 0) is 12.4 Å². The van der Waals surface area contributed by atoms with Crippen molar-refractivity contribution >= 4 is 11.7 Å². The van der Waals surface area contributed by atoms with Gasteiger partial charge in [-0.05, 0) is 48.5 Å². The zero-order valence-corrected chi connectivity index (χ0v) is 16.2. The molecule has 0 atom stereocenters. The highest BCUT2D eigenvalue weighted by Gasteiger charge is 2.31. The summed E-state index contributed by atoms with van der Waals surface area (Å²) in [6, 6.07) is 8.64. The molecule has 2 amide bonds. The molecule has 1 aliphatic rings. The third-order valence-corrected chi connectivity index (χ3v) is 4.49. The van der Waals surface area contributed by atoms with Gasteiger partial charge < -0.3 is 10.3 Å². The molecule has 0 aliphatic carbocycles. The highest BCUT2D eigenvalue weighted by molar-refractivity contribution is 5.93. The third kappa shape index (κ3) is 5.31. The summed E-state index contributed by atoms with van der Waals surface area (Å²) in [5.74, 6) is 0. The summed E-state index contributed by atoms with van der Waals surface area (Å²) in [7, 11) is 0. The molecule has 3 aromatic rings. The number of hydrogen-bond acceptors (Lipinski definition) is 2. The second-order valence-corrected chi connectivity index (χ2v) is 6.61. The number of urea groups is 1. The van der Waals surface area contributed by atoms with Gasteiger partial charge in [-0.3, -0.25) is 9.47 Å². The molecule has 1 aromatic heterocycles. The van der Waals surface area contributed by atoms with Gasteiger partial charge in [-0.25, -0.2) is 9.59 Å². The number of carbonyl (C=O) groups excluding carboxylic acids is 1. The number of H-pyrrole nitrogens is 1. The van der Waals surface area contributed by atoms with Crippen molar-refractivity contribution in [3.8, 4) is 5.69 Å². The minimum Gasteiger partial charge on any atom is -0.336 e. The number of anilines is 1.